The van der Waals surface area contributed by atoms with E-state index in [-0.39, 0.29) is 35.1 Å². The number of rotatable bonds is 10. The highest BCUT2D eigenvalue weighted by molar-refractivity contribution is 6.31. The summed E-state index contributed by atoms with van der Waals surface area (Å²) in [5.74, 6) is -0.804. The number of hydrogen-bond acceptors (Lipinski definition) is 11. The van der Waals surface area contributed by atoms with E-state index in [0.29, 0.717) is 42.3 Å². The molecule has 0 saturated heterocycles. The third-order valence-corrected chi connectivity index (χ3v) is 9.22. The molecular weight excluding hydrogens is 706 g/mol. The van der Waals surface area contributed by atoms with Crippen molar-refractivity contribution in [1.29, 1.82) is 0 Å². The topological polar surface area (TPSA) is 151 Å². The summed E-state index contributed by atoms with van der Waals surface area (Å²) in [4.78, 5) is 54.6. The Morgan fingerprint density at radius 2 is 1.28 bits per heavy atom. The fourth-order valence-corrected chi connectivity index (χ4v) is 6.67. The van der Waals surface area contributed by atoms with Crippen LogP contribution < -0.4 is 29.6 Å². The second kappa shape index (κ2) is 16.4. The Kier molecular flexibility index (Phi) is 12.9. The van der Waals surface area contributed by atoms with Crippen LogP contribution in [0.5, 0.6) is 23.0 Å². The number of alkyl carbamates (subject to hydrolysis) is 2. The lowest BCUT2D eigenvalue weighted by Gasteiger charge is -2.42. The van der Waals surface area contributed by atoms with E-state index in [0.717, 1.165) is 16.7 Å². The van der Waals surface area contributed by atoms with E-state index in [9.17, 15) is 19.2 Å². The molecule has 2 aliphatic heterocycles. The summed E-state index contributed by atoms with van der Waals surface area (Å²) in [6.45, 7) is 18.7. The van der Waals surface area contributed by atoms with Crippen molar-refractivity contribution in [3.63, 3.8) is 0 Å². The molecular formula is C39H54ClN3O10. The van der Waals surface area contributed by atoms with Crippen LogP contribution in [0.2, 0.25) is 5.02 Å². The van der Waals surface area contributed by atoms with Gasteiger partial charge in [0.1, 0.15) is 23.3 Å². The molecule has 0 saturated carbocycles. The molecule has 3 unspecified atom stereocenters. The zero-order chi connectivity index (χ0) is 39.6. The van der Waals surface area contributed by atoms with Crippen molar-refractivity contribution in [2.75, 3.05) is 20.8 Å². The molecule has 0 fully saturated rings. The normalized spacial score (nSPS) is 16.7. The molecule has 0 aliphatic carbocycles. The molecule has 2 heterocycles. The largest absolute Gasteiger partial charge is 0.493 e. The number of carbonyl (C=O) groups is 4. The summed E-state index contributed by atoms with van der Waals surface area (Å²) >= 11 is 6.88. The lowest BCUT2D eigenvalue weighted by Crippen LogP contribution is -2.48. The molecule has 2 aliphatic rings. The first-order valence-electron chi connectivity index (χ1n) is 17.9. The lowest BCUT2D eigenvalue weighted by atomic mass is 9.83. The Balaban J connectivity index is 1.65. The van der Waals surface area contributed by atoms with Crippen LogP contribution in [0.25, 0.3) is 0 Å². The SMILES string of the molecule is COc1cc2c(cc1OC(=O)C(NC(=O)OC(C)(C)C)C(C)C)C1Cc3c(Cl)cc(OC)c(OC(=O)C(NC(=O)OC(C)(C)C)C(C)C)c3CN1CC2. The highest BCUT2D eigenvalue weighted by Crippen LogP contribution is 2.48. The standard InChI is InChI=1S/C39H54ClN3O10/c1-20(2)31(41-36(46)52-38(5,6)7)34(44)50-29-17-23-22(15-28(29)48-11)13-14-43-19-25-24(16-27(23)43)26(40)18-30(49-12)33(25)51-35(45)32(21(3)4)42-37(47)53-39(8,9)10/h15,17-18,20-21,27,31-32H,13-14,16,19H2,1-12H3,(H,41,46)(H,42,47). The Morgan fingerprint density at radius 3 is 1.77 bits per heavy atom. The van der Waals surface area contributed by atoms with E-state index in [2.05, 4.69) is 15.5 Å². The lowest BCUT2D eigenvalue weighted by molar-refractivity contribution is -0.138. The van der Waals surface area contributed by atoms with Crippen LogP contribution in [0.3, 0.4) is 0 Å². The Morgan fingerprint density at radius 1 is 0.755 bits per heavy atom. The number of halogens is 1. The van der Waals surface area contributed by atoms with Crippen molar-refractivity contribution in [2.24, 2.45) is 11.8 Å². The highest BCUT2D eigenvalue weighted by atomic mass is 35.5. The molecule has 2 amide bonds. The van der Waals surface area contributed by atoms with Gasteiger partial charge in [-0.2, -0.15) is 0 Å². The maximum Gasteiger partial charge on any atom is 0.408 e. The molecule has 0 spiro atoms. The Bertz CT molecular complexity index is 1710. The van der Waals surface area contributed by atoms with Crippen molar-refractivity contribution in [2.45, 2.75) is 118 Å². The summed E-state index contributed by atoms with van der Waals surface area (Å²) in [6, 6.07) is 3.18. The van der Waals surface area contributed by atoms with Crippen LogP contribution in [0.15, 0.2) is 18.2 Å². The summed E-state index contributed by atoms with van der Waals surface area (Å²) in [5.41, 5.74) is 1.95. The molecule has 13 nitrogen and oxygen atoms in total. The molecule has 2 aromatic carbocycles. The van der Waals surface area contributed by atoms with E-state index in [1.165, 1.54) is 14.2 Å². The zero-order valence-electron chi connectivity index (χ0n) is 32.9. The van der Waals surface area contributed by atoms with Gasteiger partial charge >= 0.3 is 24.1 Å². The minimum absolute atomic E-state index is 0.165. The first-order chi connectivity index (χ1) is 24.6. The van der Waals surface area contributed by atoms with Crippen LogP contribution in [0, 0.1) is 11.8 Å². The number of esters is 2. The number of ether oxygens (including phenoxy) is 6. The van der Waals surface area contributed by atoms with Gasteiger partial charge in [-0.25, -0.2) is 19.2 Å². The van der Waals surface area contributed by atoms with Gasteiger partial charge in [-0.05, 0) is 95.0 Å². The van der Waals surface area contributed by atoms with Gasteiger partial charge < -0.3 is 39.1 Å². The highest BCUT2D eigenvalue weighted by Gasteiger charge is 2.39. The van der Waals surface area contributed by atoms with Gasteiger partial charge in [0.25, 0.3) is 0 Å². The Hall–Kier alpha value is -4.23. The van der Waals surface area contributed by atoms with Gasteiger partial charge in [0.15, 0.2) is 23.0 Å². The number of nitrogens with one attached hydrogen (secondary N) is 2. The second-order valence-corrected chi connectivity index (χ2v) is 16.5. The van der Waals surface area contributed by atoms with Crippen LogP contribution in [0.4, 0.5) is 9.59 Å². The van der Waals surface area contributed by atoms with Crippen molar-refractivity contribution < 1.29 is 47.6 Å². The summed E-state index contributed by atoms with van der Waals surface area (Å²) < 4.78 is 34.0. The summed E-state index contributed by atoms with van der Waals surface area (Å²) in [7, 11) is 2.98. The van der Waals surface area contributed by atoms with Gasteiger partial charge in [0.2, 0.25) is 0 Å². The van der Waals surface area contributed by atoms with Crippen LogP contribution in [0.1, 0.15) is 97.5 Å². The number of benzene rings is 2. The number of amides is 2. The van der Waals surface area contributed by atoms with Gasteiger partial charge in [-0.3, -0.25) is 4.90 Å². The maximum absolute atomic E-state index is 13.7. The number of fused-ring (bicyclic) bond motifs is 4. The fraction of sp³-hybridized carbons (Fsp3) is 0.590. The van der Waals surface area contributed by atoms with Crippen LogP contribution >= 0.6 is 11.6 Å². The average Bonchev–Trinajstić information content (AvgIpc) is 3.04. The molecule has 2 aromatic rings. The zero-order valence-corrected chi connectivity index (χ0v) is 33.6. The van der Waals surface area contributed by atoms with Gasteiger partial charge in [-0.1, -0.05) is 39.3 Å². The third-order valence-electron chi connectivity index (χ3n) is 8.88. The number of methoxy groups -OCH3 is 2. The minimum atomic E-state index is -0.996. The monoisotopic (exact) mass is 759 g/mol. The number of carbonyl (C=O) groups excluding carboxylic acids is 4. The van der Waals surface area contributed by atoms with Gasteiger partial charge in [0.05, 0.1) is 14.2 Å². The van der Waals surface area contributed by atoms with Crippen molar-refractivity contribution in [3.05, 3.63) is 45.5 Å². The summed E-state index contributed by atoms with van der Waals surface area (Å²) in [5, 5.41) is 5.74. The maximum atomic E-state index is 13.7. The van der Waals surface area contributed by atoms with Crippen molar-refractivity contribution >= 4 is 35.7 Å². The van der Waals surface area contributed by atoms with E-state index < -0.39 is 47.4 Å². The van der Waals surface area contributed by atoms with Crippen molar-refractivity contribution in [3.8, 4) is 23.0 Å². The molecule has 0 bridgehead atoms. The molecule has 0 aromatic heterocycles. The Labute approximate surface area is 317 Å². The smallest absolute Gasteiger partial charge is 0.408 e. The first kappa shape index (κ1) is 41.5. The molecule has 53 heavy (non-hydrogen) atoms. The average molecular weight is 760 g/mol. The van der Waals surface area contributed by atoms with Crippen LogP contribution in [-0.2, 0) is 38.4 Å². The van der Waals surface area contributed by atoms with Crippen LogP contribution in [-0.4, -0.2) is 73.1 Å². The second-order valence-electron chi connectivity index (χ2n) is 16.1. The fourth-order valence-electron chi connectivity index (χ4n) is 6.37. The summed E-state index contributed by atoms with van der Waals surface area (Å²) in [6.07, 6.45) is -0.329. The van der Waals surface area contributed by atoms with E-state index >= 15 is 0 Å². The molecule has 14 heteroatoms. The predicted molar refractivity (Wildman–Crippen MR) is 199 cm³/mol. The van der Waals surface area contributed by atoms with E-state index in [1.54, 1.807) is 75.3 Å². The molecule has 2 N–H and O–H groups in total. The molecule has 292 valence electrons. The number of nitrogens with zero attached hydrogens (tertiary/aromatic N) is 1. The van der Waals surface area contributed by atoms with E-state index in [4.69, 9.17) is 40.0 Å². The minimum Gasteiger partial charge on any atom is -0.493 e. The molecule has 4 rings (SSSR count). The van der Waals surface area contributed by atoms with Gasteiger partial charge in [0, 0.05) is 35.8 Å². The quantitative estimate of drug-likeness (QED) is 0.192. The molecule has 3 atom stereocenters. The van der Waals surface area contributed by atoms with E-state index in [1.807, 2.05) is 12.1 Å². The predicted octanol–water partition coefficient (Wildman–Crippen LogP) is 6.92. The third kappa shape index (κ3) is 10.3. The van der Waals surface area contributed by atoms with Gasteiger partial charge in [-0.15, -0.1) is 0 Å². The number of hydrogen-bond donors (Lipinski definition) is 2. The van der Waals surface area contributed by atoms with Crippen molar-refractivity contribution in [1.82, 2.24) is 15.5 Å². The first-order valence-corrected chi connectivity index (χ1v) is 18.3. The molecule has 0 radical (unpaired) electrons.